The molecule has 2 aromatic heterocycles. The van der Waals surface area contributed by atoms with Gasteiger partial charge in [0.25, 0.3) is 0 Å². The maximum atomic E-state index is 12.7. The number of allylic oxidation sites excluding steroid dienone is 1. The van der Waals surface area contributed by atoms with Gasteiger partial charge in [0.05, 0.1) is 30.0 Å². The van der Waals surface area contributed by atoms with Crippen molar-refractivity contribution in [2.75, 3.05) is 7.11 Å². The van der Waals surface area contributed by atoms with Gasteiger partial charge in [-0.2, -0.15) is 5.26 Å². The average molecular weight is 480 g/mol. The summed E-state index contributed by atoms with van der Waals surface area (Å²) < 4.78 is 12.5. The Bertz CT molecular complexity index is 1500. The number of hydrogen-bond acceptors (Lipinski definition) is 5. The van der Waals surface area contributed by atoms with Crippen molar-refractivity contribution in [1.29, 1.82) is 5.26 Å². The lowest BCUT2D eigenvalue weighted by atomic mass is 10.00. The SMILES string of the molecule is CCc1cc2ccc(/C(C#N)=C/c3cccc(-c4cccn4C(=O)OC(C)(C)C)c3)cc2nc1OC. The molecule has 0 spiro atoms. The largest absolute Gasteiger partial charge is 0.481 e. The van der Waals surface area contributed by atoms with E-state index in [1.54, 1.807) is 13.3 Å². The number of rotatable bonds is 5. The van der Waals surface area contributed by atoms with Crippen molar-refractivity contribution in [1.82, 2.24) is 9.55 Å². The highest BCUT2D eigenvalue weighted by Gasteiger charge is 2.20. The number of nitrogens with zero attached hydrogens (tertiary/aromatic N) is 3. The number of hydrogen-bond donors (Lipinski definition) is 0. The zero-order valence-electron chi connectivity index (χ0n) is 21.2. The molecule has 2 heterocycles. The van der Waals surface area contributed by atoms with Crippen molar-refractivity contribution in [2.45, 2.75) is 39.7 Å². The molecule has 0 fully saturated rings. The summed E-state index contributed by atoms with van der Waals surface area (Å²) in [5.74, 6) is 0.602. The molecular formula is C30H29N3O3. The van der Waals surface area contributed by atoms with Gasteiger partial charge >= 0.3 is 6.09 Å². The summed E-state index contributed by atoms with van der Waals surface area (Å²) in [4.78, 5) is 17.3. The van der Waals surface area contributed by atoms with Gasteiger partial charge in [0, 0.05) is 17.1 Å². The molecule has 0 aliphatic rings. The van der Waals surface area contributed by atoms with Gasteiger partial charge in [0.1, 0.15) is 5.60 Å². The monoisotopic (exact) mass is 479 g/mol. The summed E-state index contributed by atoms with van der Waals surface area (Å²) in [6.45, 7) is 7.58. The Morgan fingerprint density at radius 3 is 2.61 bits per heavy atom. The van der Waals surface area contributed by atoms with E-state index in [4.69, 9.17) is 9.47 Å². The van der Waals surface area contributed by atoms with Crippen molar-refractivity contribution in [2.24, 2.45) is 0 Å². The first-order valence-electron chi connectivity index (χ1n) is 11.8. The van der Waals surface area contributed by atoms with E-state index in [1.807, 2.05) is 81.4 Å². The molecule has 4 rings (SSSR count). The number of benzene rings is 2. The predicted octanol–water partition coefficient (Wildman–Crippen LogP) is 7.12. The van der Waals surface area contributed by atoms with Gasteiger partial charge in [-0.25, -0.2) is 9.78 Å². The molecular weight excluding hydrogens is 450 g/mol. The third-order valence-electron chi connectivity index (χ3n) is 5.69. The zero-order valence-corrected chi connectivity index (χ0v) is 21.2. The smallest absolute Gasteiger partial charge is 0.418 e. The lowest BCUT2D eigenvalue weighted by Crippen LogP contribution is -2.27. The summed E-state index contributed by atoms with van der Waals surface area (Å²) in [6, 6.07) is 21.6. The number of carbonyl (C=O) groups excluding carboxylic acids is 1. The Hall–Kier alpha value is -4.37. The van der Waals surface area contributed by atoms with Gasteiger partial charge in [-0.1, -0.05) is 37.3 Å². The van der Waals surface area contributed by atoms with Gasteiger partial charge in [0.2, 0.25) is 5.88 Å². The van der Waals surface area contributed by atoms with Crippen molar-refractivity contribution in [3.63, 3.8) is 0 Å². The highest BCUT2D eigenvalue weighted by Crippen LogP contribution is 2.28. The van der Waals surface area contributed by atoms with Crippen molar-refractivity contribution in [3.05, 3.63) is 83.6 Å². The standard InChI is InChI=1S/C30H29N3O3/c1-6-21-17-23-13-12-22(18-26(23)32-28(21)35-5)25(19-31)16-20-9-7-10-24(15-20)27-11-8-14-33(27)29(34)36-30(2,3)4/h7-18H,6H2,1-5H3/b25-16+. The molecule has 6 nitrogen and oxygen atoms in total. The molecule has 0 radical (unpaired) electrons. The molecule has 0 bridgehead atoms. The molecule has 4 aromatic rings. The van der Waals surface area contributed by atoms with Gasteiger partial charge in [-0.3, -0.25) is 4.57 Å². The van der Waals surface area contributed by atoms with E-state index in [0.717, 1.165) is 39.6 Å². The van der Waals surface area contributed by atoms with Crippen LogP contribution in [-0.4, -0.2) is 28.4 Å². The number of carbonyl (C=O) groups is 1. The first-order valence-corrected chi connectivity index (χ1v) is 11.8. The van der Waals surface area contributed by atoms with E-state index in [1.165, 1.54) is 4.57 Å². The van der Waals surface area contributed by atoms with E-state index in [2.05, 4.69) is 24.0 Å². The van der Waals surface area contributed by atoms with Crippen molar-refractivity contribution in [3.8, 4) is 23.2 Å². The van der Waals surface area contributed by atoms with Crippen LogP contribution in [0.1, 0.15) is 44.4 Å². The van der Waals surface area contributed by atoms with Crippen LogP contribution < -0.4 is 4.74 Å². The number of aryl methyl sites for hydroxylation is 1. The van der Waals surface area contributed by atoms with Crippen molar-refractivity contribution >= 4 is 28.6 Å². The predicted molar refractivity (Wildman–Crippen MR) is 143 cm³/mol. The molecule has 0 atom stereocenters. The minimum atomic E-state index is -0.595. The molecule has 0 aliphatic heterocycles. The van der Waals surface area contributed by atoms with Crippen LogP contribution in [0, 0.1) is 11.3 Å². The number of ether oxygens (including phenoxy) is 2. The first kappa shape index (κ1) is 24.7. The Morgan fingerprint density at radius 1 is 1.11 bits per heavy atom. The maximum absolute atomic E-state index is 12.7. The Morgan fingerprint density at radius 2 is 1.92 bits per heavy atom. The average Bonchev–Trinajstić information content (AvgIpc) is 3.35. The number of nitriles is 1. The molecule has 6 heteroatoms. The minimum absolute atomic E-state index is 0.438. The van der Waals surface area contributed by atoms with E-state index in [9.17, 15) is 10.1 Å². The number of methoxy groups -OCH3 is 1. The third-order valence-corrected chi connectivity index (χ3v) is 5.69. The Balaban J connectivity index is 1.70. The van der Waals surface area contributed by atoms with E-state index in [0.29, 0.717) is 17.1 Å². The van der Waals surface area contributed by atoms with Crippen LogP contribution in [0.4, 0.5) is 4.79 Å². The topological polar surface area (TPSA) is 77.1 Å². The fourth-order valence-electron chi connectivity index (χ4n) is 4.01. The van der Waals surface area contributed by atoms with Crippen LogP contribution in [0.5, 0.6) is 5.88 Å². The molecule has 36 heavy (non-hydrogen) atoms. The minimum Gasteiger partial charge on any atom is -0.481 e. The number of pyridine rings is 1. The van der Waals surface area contributed by atoms with Crippen LogP contribution in [0.2, 0.25) is 0 Å². The first-order chi connectivity index (χ1) is 17.2. The van der Waals surface area contributed by atoms with Crippen LogP contribution in [0.25, 0.3) is 33.8 Å². The Labute approximate surface area is 211 Å². The van der Waals surface area contributed by atoms with Gasteiger partial charge in [0.15, 0.2) is 0 Å². The van der Waals surface area contributed by atoms with Crippen LogP contribution >= 0.6 is 0 Å². The van der Waals surface area contributed by atoms with E-state index < -0.39 is 11.7 Å². The molecule has 0 amide bonds. The molecule has 0 N–H and O–H groups in total. The molecule has 0 aliphatic carbocycles. The van der Waals surface area contributed by atoms with Gasteiger partial charge in [-0.05, 0) is 80.3 Å². The van der Waals surface area contributed by atoms with Crippen LogP contribution in [-0.2, 0) is 11.2 Å². The summed E-state index contributed by atoms with van der Waals surface area (Å²) >= 11 is 0. The van der Waals surface area contributed by atoms with Crippen molar-refractivity contribution < 1.29 is 14.3 Å². The maximum Gasteiger partial charge on any atom is 0.418 e. The summed E-state index contributed by atoms with van der Waals surface area (Å²) in [7, 11) is 1.62. The molecule has 0 unspecified atom stereocenters. The third kappa shape index (κ3) is 5.31. The highest BCUT2D eigenvalue weighted by atomic mass is 16.6. The molecule has 0 saturated heterocycles. The fourth-order valence-corrected chi connectivity index (χ4v) is 4.01. The molecule has 182 valence electrons. The lowest BCUT2D eigenvalue weighted by molar-refractivity contribution is 0.0540. The zero-order chi connectivity index (χ0) is 25.9. The lowest BCUT2D eigenvalue weighted by Gasteiger charge is -2.20. The number of fused-ring (bicyclic) bond motifs is 1. The number of aromatic nitrogens is 2. The summed E-state index contributed by atoms with van der Waals surface area (Å²) in [5, 5.41) is 10.9. The molecule has 0 saturated carbocycles. The second-order valence-electron chi connectivity index (χ2n) is 9.46. The fraction of sp³-hybridized carbons (Fsp3) is 0.233. The van der Waals surface area contributed by atoms with Gasteiger partial charge in [-0.15, -0.1) is 0 Å². The van der Waals surface area contributed by atoms with E-state index in [-0.39, 0.29) is 0 Å². The highest BCUT2D eigenvalue weighted by molar-refractivity contribution is 5.94. The van der Waals surface area contributed by atoms with E-state index >= 15 is 0 Å². The second-order valence-corrected chi connectivity index (χ2v) is 9.46. The van der Waals surface area contributed by atoms with Gasteiger partial charge < -0.3 is 9.47 Å². The molecule has 2 aromatic carbocycles. The second kappa shape index (κ2) is 10.1. The summed E-state index contributed by atoms with van der Waals surface area (Å²) in [5.41, 5.74) is 4.90. The quantitative estimate of drug-likeness (QED) is 0.225. The van der Waals surface area contributed by atoms with Crippen LogP contribution in [0.15, 0.2) is 66.9 Å². The Kier molecular flexibility index (Phi) is 6.93. The van der Waals surface area contributed by atoms with Crippen LogP contribution in [0.3, 0.4) is 0 Å². The summed E-state index contributed by atoms with van der Waals surface area (Å²) in [6.07, 6.45) is 3.91. The normalized spacial score (nSPS) is 11.8.